The molecule has 0 saturated carbocycles. The van der Waals surface area contributed by atoms with Crippen LogP contribution >= 0.6 is 0 Å². The van der Waals surface area contributed by atoms with Gasteiger partial charge in [0.05, 0.1) is 5.69 Å². The van der Waals surface area contributed by atoms with Crippen molar-refractivity contribution in [2.45, 2.75) is 6.42 Å². The number of nitrogens with one attached hydrogen (secondary N) is 2. The maximum Gasteiger partial charge on any atom is 0.230 e. The second kappa shape index (κ2) is 8.49. The predicted molar refractivity (Wildman–Crippen MR) is 104 cm³/mol. The van der Waals surface area contributed by atoms with Crippen molar-refractivity contribution in [2.75, 3.05) is 37.0 Å². The van der Waals surface area contributed by atoms with Crippen molar-refractivity contribution in [3.8, 4) is 22.9 Å². The molecule has 28 heavy (non-hydrogen) atoms. The fourth-order valence-corrected chi connectivity index (χ4v) is 2.72. The molecule has 3 aromatic rings. The molecule has 1 aliphatic heterocycles. The number of benzene rings is 1. The van der Waals surface area contributed by atoms with Crippen LogP contribution in [0.25, 0.3) is 11.4 Å². The van der Waals surface area contributed by atoms with Crippen LogP contribution in [0.2, 0.25) is 0 Å². The van der Waals surface area contributed by atoms with E-state index in [1.165, 1.54) is 6.33 Å². The lowest BCUT2D eigenvalue weighted by atomic mass is 10.2. The van der Waals surface area contributed by atoms with Gasteiger partial charge in [-0.1, -0.05) is 0 Å². The molecule has 0 radical (unpaired) electrons. The minimum absolute atomic E-state index is 0.141. The van der Waals surface area contributed by atoms with Crippen LogP contribution in [0.15, 0.2) is 43.0 Å². The maximum absolute atomic E-state index is 8.89. The molecule has 3 heterocycles. The van der Waals surface area contributed by atoms with Gasteiger partial charge in [-0.2, -0.15) is 4.98 Å². The summed E-state index contributed by atoms with van der Waals surface area (Å²) in [4.78, 5) is 17.1. The Bertz CT molecular complexity index is 952. The van der Waals surface area contributed by atoms with Crippen molar-refractivity contribution in [2.24, 2.45) is 0 Å². The van der Waals surface area contributed by atoms with Crippen molar-refractivity contribution in [3.05, 3.63) is 43.0 Å². The number of aliphatic hydroxyl groups excluding tert-OH is 1. The zero-order chi connectivity index (χ0) is 19.2. The van der Waals surface area contributed by atoms with Crippen molar-refractivity contribution >= 4 is 17.3 Å². The second-order valence-electron chi connectivity index (χ2n) is 6.08. The molecule has 0 spiro atoms. The molecule has 4 rings (SSSR count). The number of aromatic nitrogens is 4. The van der Waals surface area contributed by atoms with E-state index in [0.717, 1.165) is 22.7 Å². The summed E-state index contributed by atoms with van der Waals surface area (Å²) >= 11 is 0. The minimum atomic E-state index is 0.141. The molecule has 3 N–H and O–H groups in total. The third kappa shape index (κ3) is 4.26. The van der Waals surface area contributed by atoms with Crippen LogP contribution in [0, 0.1) is 0 Å². The van der Waals surface area contributed by atoms with E-state index in [-0.39, 0.29) is 6.61 Å². The molecule has 0 atom stereocenters. The highest BCUT2D eigenvalue weighted by Crippen LogP contribution is 2.33. The molecular weight excluding hydrogens is 360 g/mol. The van der Waals surface area contributed by atoms with E-state index in [0.29, 0.717) is 43.7 Å². The van der Waals surface area contributed by atoms with Gasteiger partial charge in [0, 0.05) is 42.9 Å². The average Bonchev–Trinajstić information content (AvgIpc) is 2.74. The predicted octanol–water partition coefficient (Wildman–Crippen LogP) is 2.24. The maximum atomic E-state index is 8.89. The molecule has 9 nitrogen and oxygen atoms in total. The third-order valence-corrected chi connectivity index (χ3v) is 4.03. The van der Waals surface area contributed by atoms with Gasteiger partial charge < -0.3 is 25.2 Å². The van der Waals surface area contributed by atoms with E-state index >= 15 is 0 Å². The molecule has 9 heteroatoms. The van der Waals surface area contributed by atoms with E-state index in [9.17, 15) is 0 Å². The largest absolute Gasteiger partial charge is 0.486 e. The lowest BCUT2D eigenvalue weighted by Crippen LogP contribution is -2.15. The van der Waals surface area contributed by atoms with E-state index < -0.39 is 0 Å². The Morgan fingerprint density at radius 3 is 2.79 bits per heavy atom. The van der Waals surface area contributed by atoms with Gasteiger partial charge in [0.15, 0.2) is 17.3 Å². The Hall–Kier alpha value is -3.46. The highest BCUT2D eigenvalue weighted by Gasteiger charge is 2.12. The summed E-state index contributed by atoms with van der Waals surface area (Å²) in [5.74, 6) is 2.34. The van der Waals surface area contributed by atoms with Gasteiger partial charge in [0.2, 0.25) is 5.95 Å². The Morgan fingerprint density at radius 1 is 1.00 bits per heavy atom. The monoisotopic (exact) mass is 380 g/mol. The smallest absolute Gasteiger partial charge is 0.230 e. The van der Waals surface area contributed by atoms with Crippen LogP contribution in [-0.2, 0) is 0 Å². The van der Waals surface area contributed by atoms with Gasteiger partial charge in [-0.05, 0) is 24.6 Å². The van der Waals surface area contributed by atoms with E-state index in [1.54, 1.807) is 12.4 Å². The molecule has 1 aromatic carbocycles. The Balaban J connectivity index is 1.51. The molecule has 0 fully saturated rings. The number of ether oxygens (including phenoxy) is 2. The summed E-state index contributed by atoms with van der Waals surface area (Å²) in [6.07, 6.45) is 5.53. The molecule has 0 unspecified atom stereocenters. The van der Waals surface area contributed by atoms with Crippen LogP contribution in [0.3, 0.4) is 0 Å². The molecule has 1 aliphatic rings. The van der Waals surface area contributed by atoms with E-state index in [4.69, 9.17) is 14.6 Å². The lowest BCUT2D eigenvalue weighted by molar-refractivity contribution is 0.171. The molecule has 0 saturated heterocycles. The van der Waals surface area contributed by atoms with Gasteiger partial charge in [-0.3, -0.25) is 4.98 Å². The zero-order valence-electron chi connectivity index (χ0n) is 15.1. The zero-order valence-corrected chi connectivity index (χ0v) is 15.1. The summed E-state index contributed by atoms with van der Waals surface area (Å²) in [6, 6.07) is 7.49. The summed E-state index contributed by atoms with van der Waals surface area (Å²) < 4.78 is 11.1. The second-order valence-corrected chi connectivity index (χ2v) is 6.08. The first-order valence-corrected chi connectivity index (χ1v) is 8.98. The van der Waals surface area contributed by atoms with Gasteiger partial charge in [0.1, 0.15) is 19.5 Å². The average molecular weight is 380 g/mol. The van der Waals surface area contributed by atoms with Gasteiger partial charge >= 0.3 is 0 Å². The quantitative estimate of drug-likeness (QED) is 0.531. The summed E-state index contributed by atoms with van der Waals surface area (Å²) in [6.45, 7) is 1.89. The van der Waals surface area contributed by atoms with Crippen LogP contribution in [0.5, 0.6) is 11.5 Å². The van der Waals surface area contributed by atoms with Crippen molar-refractivity contribution < 1.29 is 14.6 Å². The fraction of sp³-hybridized carbons (Fsp3) is 0.263. The molecule has 0 amide bonds. The number of anilines is 3. The Labute approximate surface area is 161 Å². The number of nitrogens with zero attached hydrogens (tertiary/aromatic N) is 4. The van der Waals surface area contributed by atoms with Crippen molar-refractivity contribution in [1.82, 2.24) is 19.9 Å². The number of hydrogen-bond donors (Lipinski definition) is 3. The van der Waals surface area contributed by atoms with Gasteiger partial charge in [-0.25, -0.2) is 9.97 Å². The van der Waals surface area contributed by atoms with Crippen molar-refractivity contribution in [1.29, 1.82) is 0 Å². The van der Waals surface area contributed by atoms with Gasteiger partial charge in [0.25, 0.3) is 0 Å². The van der Waals surface area contributed by atoms with E-state index in [2.05, 4.69) is 30.6 Å². The van der Waals surface area contributed by atoms with Crippen LogP contribution < -0.4 is 20.1 Å². The van der Waals surface area contributed by atoms with Crippen LogP contribution in [0.1, 0.15) is 6.42 Å². The van der Waals surface area contributed by atoms with Crippen molar-refractivity contribution in [3.63, 3.8) is 0 Å². The molecule has 144 valence electrons. The summed E-state index contributed by atoms with van der Waals surface area (Å²) in [7, 11) is 0. The number of rotatable bonds is 7. The van der Waals surface area contributed by atoms with E-state index in [1.807, 2.05) is 24.3 Å². The number of hydrogen-bond acceptors (Lipinski definition) is 9. The minimum Gasteiger partial charge on any atom is -0.486 e. The van der Waals surface area contributed by atoms with Gasteiger partial charge in [-0.15, -0.1) is 0 Å². The summed E-state index contributed by atoms with van der Waals surface area (Å²) in [5.41, 5.74) is 2.40. The highest BCUT2D eigenvalue weighted by molar-refractivity contribution is 5.63. The normalized spacial score (nSPS) is 12.5. The SMILES string of the molecule is OCCCNc1cncc(-c2ncnc(Nc3ccc4c(c3)OCCO4)n2)c1. The fourth-order valence-electron chi connectivity index (χ4n) is 2.72. The first-order valence-electron chi connectivity index (χ1n) is 8.98. The Kier molecular flexibility index (Phi) is 5.43. The molecule has 0 bridgehead atoms. The molecule has 2 aromatic heterocycles. The number of aliphatic hydroxyl groups is 1. The summed E-state index contributed by atoms with van der Waals surface area (Å²) in [5, 5.41) is 15.3. The third-order valence-electron chi connectivity index (χ3n) is 4.03. The number of pyridine rings is 1. The first kappa shape index (κ1) is 17.9. The van der Waals surface area contributed by atoms with Crippen LogP contribution in [-0.4, -0.2) is 51.4 Å². The highest BCUT2D eigenvalue weighted by atomic mass is 16.6. The van der Waals surface area contributed by atoms with Crippen LogP contribution in [0.4, 0.5) is 17.3 Å². The first-order chi connectivity index (χ1) is 13.8. The molecule has 0 aliphatic carbocycles. The topological polar surface area (TPSA) is 114 Å². The number of fused-ring (bicyclic) bond motifs is 1. The Morgan fingerprint density at radius 2 is 1.89 bits per heavy atom. The standard InChI is InChI=1S/C19H20N6O3/c26-5-1-4-21-15-8-13(10-20-11-15)18-22-12-23-19(25-18)24-14-2-3-16-17(9-14)28-7-6-27-16/h2-3,8-12,21,26H,1,4-7H2,(H,22,23,24,25). The molecular formula is C19H20N6O3. The lowest BCUT2D eigenvalue weighted by Gasteiger charge is -2.19.